The fraction of sp³-hybridized carbons (Fsp3) is 0.636. The first-order valence-electron chi connectivity index (χ1n) is 5.88. The second-order valence-corrected chi connectivity index (χ2v) is 5.16. The van der Waals surface area contributed by atoms with Crippen LogP contribution in [-0.2, 0) is 4.74 Å². The van der Waals surface area contributed by atoms with E-state index >= 15 is 0 Å². The first kappa shape index (κ1) is 13.7. The normalized spacial score (nSPS) is 30.3. The first-order valence-corrected chi connectivity index (χ1v) is 6.83. The van der Waals surface area contributed by atoms with Crippen molar-refractivity contribution < 1.29 is 9.53 Å². The van der Waals surface area contributed by atoms with E-state index in [0.717, 1.165) is 26.0 Å². The SMILES string of the molecule is Cl.O=C(N[C@H]1CN[C@H]2CCCO[C@H]21)c1cscn1. The molecule has 2 aliphatic rings. The van der Waals surface area contributed by atoms with Crippen LogP contribution in [0.3, 0.4) is 0 Å². The van der Waals surface area contributed by atoms with E-state index in [2.05, 4.69) is 15.6 Å². The van der Waals surface area contributed by atoms with Gasteiger partial charge in [-0.1, -0.05) is 0 Å². The number of hydrogen-bond donors (Lipinski definition) is 2. The minimum absolute atomic E-state index is 0. The molecule has 100 valence electrons. The topological polar surface area (TPSA) is 63.2 Å². The second kappa shape index (κ2) is 5.97. The summed E-state index contributed by atoms with van der Waals surface area (Å²) in [5.41, 5.74) is 2.16. The van der Waals surface area contributed by atoms with E-state index in [1.807, 2.05) is 0 Å². The maximum absolute atomic E-state index is 11.9. The van der Waals surface area contributed by atoms with Gasteiger partial charge >= 0.3 is 0 Å². The highest BCUT2D eigenvalue weighted by molar-refractivity contribution is 7.07. The summed E-state index contributed by atoms with van der Waals surface area (Å²) >= 11 is 1.43. The van der Waals surface area contributed by atoms with Crippen molar-refractivity contribution in [2.45, 2.75) is 31.0 Å². The van der Waals surface area contributed by atoms with Crippen molar-refractivity contribution in [1.29, 1.82) is 0 Å². The lowest BCUT2D eigenvalue weighted by molar-refractivity contribution is -0.00217. The largest absolute Gasteiger partial charge is 0.374 e. The average molecular weight is 290 g/mol. The molecule has 0 radical (unpaired) electrons. The quantitative estimate of drug-likeness (QED) is 0.846. The lowest BCUT2D eigenvalue weighted by Crippen LogP contribution is -2.47. The van der Waals surface area contributed by atoms with Gasteiger partial charge in [-0.3, -0.25) is 4.79 Å². The lowest BCUT2D eigenvalue weighted by atomic mass is 10.0. The van der Waals surface area contributed by atoms with Gasteiger partial charge in [-0.05, 0) is 12.8 Å². The second-order valence-electron chi connectivity index (χ2n) is 4.45. The molecule has 0 bridgehead atoms. The van der Waals surface area contributed by atoms with Gasteiger partial charge in [-0.2, -0.15) is 0 Å². The summed E-state index contributed by atoms with van der Waals surface area (Å²) in [4.78, 5) is 15.9. The Morgan fingerprint density at radius 2 is 2.50 bits per heavy atom. The third-order valence-corrected chi connectivity index (χ3v) is 3.93. The summed E-state index contributed by atoms with van der Waals surface area (Å²) in [5.74, 6) is -0.104. The van der Waals surface area contributed by atoms with Gasteiger partial charge in [-0.25, -0.2) is 4.98 Å². The van der Waals surface area contributed by atoms with Crippen LogP contribution < -0.4 is 10.6 Å². The Labute approximate surface area is 116 Å². The summed E-state index contributed by atoms with van der Waals surface area (Å²) in [6.45, 7) is 1.58. The molecule has 2 aliphatic heterocycles. The molecule has 1 amide bonds. The number of rotatable bonds is 2. The van der Waals surface area contributed by atoms with Crippen LogP contribution in [0, 0.1) is 0 Å². The number of nitrogens with zero attached hydrogens (tertiary/aromatic N) is 1. The molecule has 0 aliphatic carbocycles. The highest BCUT2D eigenvalue weighted by Crippen LogP contribution is 2.21. The van der Waals surface area contributed by atoms with Crippen LogP contribution in [-0.4, -0.2) is 42.2 Å². The van der Waals surface area contributed by atoms with Gasteiger partial charge in [0.1, 0.15) is 5.69 Å². The Morgan fingerprint density at radius 1 is 1.61 bits per heavy atom. The van der Waals surface area contributed by atoms with Gasteiger partial charge in [-0.15, -0.1) is 23.7 Å². The van der Waals surface area contributed by atoms with E-state index in [1.54, 1.807) is 10.9 Å². The zero-order valence-corrected chi connectivity index (χ0v) is 11.4. The molecule has 0 unspecified atom stereocenters. The number of fused-ring (bicyclic) bond motifs is 1. The number of hydrogen-bond acceptors (Lipinski definition) is 5. The number of carbonyl (C=O) groups is 1. The fourth-order valence-corrected chi connectivity index (χ4v) is 3.04. The van der Waals surface area contributed by atoms with Crippen molar-refractivity contribution in [3.05, 3.63) is 16.6 Å². The molecule has 0 saturated carbocycles. The molecule has 3 atom stereocenters. The predicted octanol–water partition coefficient (Wildman–Crippen LogP) is 0.814. The molecule has 2 saturated heterocycles. The Bertz CT molecular complexity index is 401. The van der Waals surface area contributed by atoms with Gasteiger partial charge in [0, 0.05) is 24.6 Å². The zero-order chi connectivity index (χ0) is 11.7. The third-order valence-electron chi connectivity index (χ3n) is 3.34. The number of carbonyl (C=O) groups excluding carboxylic acids is 1. The molecular weight excluding hydrogens is 274 g/mol. The number of thiazole rings is 1. The molecule has 5 nitrogen and oxygen atoms in total. The number of ether oxygens (including phenoxy) is 1. The molecule has 0 spiro atoms. The van der Waals surface area contributed by atoms with Crippen molar-refractivity contribution in [1.82, 2.24) is 15.6 Å². The third kappa shape index (κ3) is 2.66. The Balaban J connectivity index is 0.00000120. The first-order chi connectivity index (χ1) is 8.34. The van der Waals surface area contributed by atoms with Crippen LogP contribution in [0.25, 0.3) is 0 Å². The molecule has 1 aromatic heterocycles. The van der Waals surface area contributed by atoms with Crippen molar-refractivity contribution in [2.75, 3.05) is 13.2 Å². The fourth-order valence-electron chi connectivity index (χ4n) is 2.51. The van der Waals surface area contributed by atoms with Gasteiger partial charge < -0.3 is 15.4 Å². The molecule has 0 aromatic carbocycles. The van der Waals surface area contributed by atoms with Gasteiger partial charge in [0.15, 0.2) is 0 Å². The van der Waals surface area contributed by atoms with Crippen LogP contribution in [0.1, 0.15) is 23.3 Å². The monoisotopic (exact) mass is 289 g/mol. The Kier molecular flexibility index (Phi) is 4.55. The maximum Gasteiger partial charge on any atom is 0.271 e. The van der Waals surface area contributed by atoms with Gasteiger partial charge in [0.05, 0.1) is 17.7 Å². The van der Waals surface area contributed by atoms with Crippen molar-refractivity contribution in [3.8, 4) is 0 Å². The van der Waals surface area contributed by atoms with Gasteiger partial charge in [0.25, 0.3) is 5.91 Å². The van der Waals surface area contributed by atoms with Crippen LogP contribution in [0.2, 0.25) is 0 Å². The standard InChI is InChI=1S/C11H15N3O2S.ClH/c15-11(9-5-17-6-13-9)14-8-4-12-7-2-1-3-16-10(7)8;/h5-8,10,12H,1-4H2,(H,14,15);1H/t7-,8-,10+;/m0./s1. The summed E-state index contributed by atoms with van der Waals surface area (Å²) in [5, 5.41) is 8.16. The van der Waals surface area contributed by atoms with E-state index in [1.165, 1.54) is 11.3 Å². The van der Waals surface area contributed by atoms with E-state index in [4.69, 9.17) is 4.74 Å². The summed E-state index contributed by atoms with van der Waals surface area (Å²) in [6.07, 6.45) is 2.35. The molecule has 2 N–H and O–H groups in total. The van der Waals surface area contributed by atoms with E-state index in [-0.39, 0.29) is 30.5 Å². The maximum atomic E-state index is 11.9. The highest BCUT2D eigenvalue weighted by Gasteiger charge is 2.39. The predicted molar refractivity (Wildman–Crippen MR) is 71.4 cm³/mol. The molecule has 3 heterocycles. The minimum Gasteiger partial charge on any atom is -0.374 e. The molecular formula is C11H16ClN3O2S. The molecule has 1 aromatic rings. The van der Waals surface area contributed by atoms with Crippen LogP contribution in [0.5, 0.6) is 0 Å². The van der Waals surface area contributed by atoms with Crippen molar-refractivity contribution in [2.24, 2.45) is 0 Å². The highest BCUT2D eigenvalue weighted by atomic mass is 35.5. The molecule has 2 fully saturated rings. The minimum atomic E-state index is -0.104. The number of nitrogens with one attached hydrogen (secondary N) is 2. The average Bonchev–Trinajstić information content (AvgIpc) is 2.98. The van der Waals surface area contributed by atoms with Crippen molar-refractivity contribution in [3.63, 3.8) is 0 Å². The van der Waals surface area contributed by atoms with E-state index in [9.17, 15) is 4.79 Å². The smallest absolute Gasteiger partial charge is 0.271 e. The van der Waals surface area contributed by atoms with Crippen LogP contribution in [0.15, 0.2) is 10.9 Å². The van der Waals surface area contributed by atoms with E-state index in [0.29, 0.717) is 11.7 Å². The summed E-state index contributed by atoms with van der Waals surface area (Å²) in [6, 6.07) is 0.457. The molecule has 7 heteroatoms. The Morgan fingerprint density at radius 3 is 3.28 bits per heavy atom. The zero-order valence-electron chi connectivity index (χ0n) is 9.80. The van der Waals surface area contributed by atoms with Crippen LogP contribution in [0.4, 0.5) is 0 Å². The molecule has 18 heavy (non-hydrogen) atoms. The van der Waals surface area contributed by atoms with E-state index < -0.39 is 0 Å². The Hall–Kier alpha value is -0.690. The number of amides is 1. The van der Waals surface area contributed by atoms with Gasteiger partial charge in [0.2, 0.25) is 0 Å². The number of halogens is 1. The van der Waals surface area contributed by atoms with Crippen molar-refractivity contribution >= 4 is 29.7 Å². The summed E-state index contributed by atoms with van der Waals surface area (Å²) < 4.78 is 5.74. The number of aromatic nitrogens is 1. The van der Waals surface area contributed by atoms with Crippen LogP contribution >= 0.6 is 23.7 Å². The summed E-state index contributed by atoms with van der Waals surface area (Å²) in [7, 11) is 0. The lowest BCUT2D eigenvalue weighted by Gasteiger charge is -2.28. The molecule has 3 rings (SSSR count).